The zero-order chi connectivity index (χ0) is 17.3. The standard InChI is InChI=1S/C18H16ClN3O2/c1-22-10-12(5-4-11-6-13(19)9-21-18(11)20)14-7-16(23-2)17(24-3)8-15(14)22/h6-10H,1-3H3,(H2,20,21). The Bertz CT molecular complexity index is 983. The number of hydrogen-bond donors (Lipinski definition) is 1. The Labute approximate surface area is 145 Å². The van der Waals surface area contributed by atoms with Gasteiger partial charge in [0.2, 0.25) is 0 Å². The topological polar surface area (TPSA) is 62.3 Å². The van der Waals surface area contributed by atoms with Crippen LogP contribution in [0.3, 0.4) is 0 Å². The molecular weight excluding hydrogens is 326 g/mol. The zero-order valence-corrected chi connectivity index (χ0v) is 14.3. The van der Waals surface area contributed by atoms with Crippen molar-refractivity contribution < 1.29 is 9.47 Å². The molecule has 0 radical (unpaired) electrons. The van der Waals surface area contributed by atoms with Gasteiger partial charge in [-0.1, -0.05) is 23.4 Å². The van der Waals surface area contributed by atoms with Gasteiger partial charge >= 0.3 is 0 Å². The second-order valence-corrected chi connectivity index (χ2v) is 5.65. The number of ether oxygens (including phenoxy) is 2. The molecule has 0 bridgehead atoms. The second-order valence-electron chi connectivity index (χ2n) is 5.21. The van der Waals surface area contributed by atoms with Crippen molar-refractivity contribution in [3.63, 3.8) is 0 Å². The van der Waals surface area contributed by atoms with Crippen LogP contribution >= 0.6 is 11.6 Å². The fourth-order valence-electron chi connectivity index (χ4n) is 2.49. The summed E-state index contributed by atoms with van der Waals surface area (Å²) in [6, 6.07) is 5.54. The van der Waals surface area contributed by atoms with E-state index < -0.39 is 0 Å². The molecule has 0 aliphatic rings. The van der Waals surface area contributed by atoms with Gasteiger partial charge in [-0.05, 0) is 12.1 Å². The molecule has 2 aromatic heterocycles. The van der Waals surface area contributed by atoms with Crippen LogP contribution in [-0.4, -0.2) is 23.8 Å². The molecule has 0 aliphatic heterocycles. The summed E-state index contributed by atoms with van der Waals surface area (Å²) in [4.78, 5) is 4.01. The monoisotopic (exact) mass is 341 g/mol. The summed E-state index contributed by atoms with van der Waals surface area (Å²) < 4.78 is 12.7. The number of rotatable bonds is 2. The van der Waals surface area contributed by atoms with Crippen LogP contribution in [0.2, 0.25) is 5.02 Å². The molecule has 0 saturated heterocycles. The van der Waals surface area contributed by atoms with Crippen molar-refractivity contribution in [1.82, 2.24) is 9.55 Å². The first kappa shape index (κ1) is 16.0. The average molecular weight is 342 g/mol. The van der Waals surface area contributed by atoms with Crippen LogP contribution in [0.4, 0.5) is 5.82 Å². The molecule has 0 spiro atoms. The van der Waals surface area contributed by atoms with Crippen molar-refractivity contribution in [2.24, 2.45) is 7.05 Å². The Balaban J connectivity index is 2.14. The molecule has 1 aromatic carbocycles. The summed E-state index contributed by atoms with van der Waals surface area (Å²) in [6.07, 6.45) is 3.45. The molecule has 0 fully saturated rings. The molecule has 3 rings (SSSR count). The maximum atomic E-state index is 5.95. The van der Waals surface area contributed by atoms with Crippen LogP contribution in [0, 0.1) is 11.8 Å². The van der Waals surface area contributed by atoms with Crippen LogP contribution in [-0.2, 0) is 7.05 Å². The summed E-state index contributed by atoms with van der Waals surface area (Å²) in [6.45, 7) is 0. The van der Waals surface area contributed by atoms with E-state index in [9.17, 15) is 0 Å². The number of nitrogens with two attached hydrogens (primary N) is 1. The maximum Gasteiger partial charge on any atom is 0.162 e. The summed E-state index contributed by atoms with van der Waals surface area (Å²) in [7, 11) is 5.17. The smallest absolute Gasteiger partial charge is 0.162 e. The minimum absolute atomic E-state index is 0.353. The Morgan fingerprint density at radius 2 is 1.75 bits per heavy atom. The van der Waals surface area contributed by atoms with E-state index in [-0.39, 0.29) is 0 Å². The van der Waals surface area contributed by atoms with E-state index in [2.05, 4.69) is 16.8 Å². The predicted molar refractivity (Wildman–Crippen MR) is 95.7 cm³/mol. The fourth-order valence-corrected chi connectivity index (χ4v) is 2.65. The molecule has 0 aliphatic carbocycles. The normalized spacial score (nSPS) is 10.3. The van der Waals surface area contributed by atoms with Gasteiger partial charge in [0.25, 0.3) is 0 Å². The van der Waals surface area contributed by atoms with E-state index in [4.69, 9.17) is 26.8 Å². The lowest BCUT2D eigenvalue weighted by molar-refractivity contribution is 0.355. The quantitative estimate of drug-likeness (QED) is 0.727. The zero-order valence-electron chi connectivity index (χ0n) is 13.6. The van der Waals surface area contributed by atoms with Crippen molar-refractivity contribution in [3.8, 4) is 23.3 Å². The number of fused-ring (bicyclic) bond motifs is 1. The van der Waals surface area contributed by atoms with Crippen molar-refractivity contribution in [3.05, 3.63) is 46.7 Å². The molecule has 3 aromatic rings. The van der Waals surface area contributed by atoms with Gasteiger partial charge in [0.05, 0.1) is 35.9 Å². The molecule has 24 heavy (non-hydrogen) atoms. The highest BCUT2D eigenvalue weighted by Crippen LogP contribution is 2.34. The highest BCUT2D eigenvalue weighted by atomic mass is 35.5. The first-order valence-electron chi connectivity index (χ1n) is 7.17. The number of nitrogens with zero attached hydrogens (tertiary/aromatic N) is 2. The fraction of sp³-hybridized carbons (Fsp3) is 0.167. The third-order valence-corrected chi connectivity index (χ3v) is 3.92. The molecule has 5 nitrogen and oxygen atoms in total. The minimum atomic E-state index is 0.353. The largest absolute Gasteiger partial charge is 0.493 e. The van der Waals surface area contributed by atoms with Crippen LogP contribution in [0.25, 0.3) is 10.9 Å². The molecule has 2 heterocycles. The highest BCUT2D eigenvalue weighted by molar-refractivity contribution is 6.30. The van der Waals surface area contributed by atoms with Crippen molar-refractivity contribution in [1.29, 1.82) is 0 Å². The lowest BCUT2D eigenvalue weighted by atomic mass is 10.1. The van der Waals surface area contributed by atoms with Crippen molar-refractivity contribution in [2.75, 3.05) is 20.0 Å². The van der Waals surface area contributed by atoms with Crippen LogP contribution < -0.4 is 15.2 Å². The summed E-state index contributed by atoms with van der Waals surface area (Å²) >= 11 is 5.95. The molecule has 122 valence electrons. The van der Waals surface area contributed by atoms with Gasteiger partial charge in [0, 0.05) is 30.9 Å². The highest BCUT2D eigenvalue weighted by Gasteiger charge is 2.11. The van der Waals surface area contributed by atoms with E-state index in [1.54, 1.807) is 20.3 Å². The lowest BCUT2D eigenvalue weighted by Gasteiger charge is -2.08. The second kappa shape index (κ2) is 6.34. The minimum Gasteiger partial charge on any atom is -0.493 e. The summed E-state index contributed by atoms with van der Waals surface area (Å²) in [5.74, 6) is 7.85. The van der Waals surface area contributed by atoms with Gasteiger partial charge in [-0.2, -0.15) is 0 Å². The SMILES string of the molecule is COc1cc2c(C#Cc3cc(Cl)cnc3N)cn(C)c2cc1OC. The van der Waals surface area contributed by atoms with Gasteiger partial charge in [-0.15, -0.1) is 0 Å². The maximum absolute atomic E-state index is 5.95. The molecule has 0 amide bonds. The number of aryl methyl sites for hydroxylation is 1. The van der Waals surface area contributed by atoms with Gasteiger partial charge in [-0.3, -0.25) is 0 Å². The van der Waals surface area contributed by atoms with E-state index >= 15 is 0 Å². The predicted octanol–water partition coefficient (Wildman–Crippen LogP) is 3.23. The van der Waals surface area contributed by atoms with Crippen LogP contribution in [0.15, 0.2) is 30.6 Å². The van der Waals surface area contributed by atoms with Gasteiger partial charge in [0.1, 0.15) is 5.82 Å². The van der Waals surface area contributed by atoms with E-state index in [1.165, 1.54) is 6.20 Å². The van der Waals surface area contributed by atoms with Crippen molar-refractivity contribution >= 4 is 28.3 Å². The Hall–Kier alpha value is -2.84. The summed E-state index contributed by atoms with van der Waals surface area (Å²) in [5.41, 5.74) is 8.29. The molecule has 0 saturated carbocycles. The van der Waals surface area contributed by atoms with E-state index in [0.717, 1.165) is 16.5 Å². The first-order chi connectivity index (χ1) is 11.5. The van der Waals surface area contributed by atoms with Gasteiger partial charge in [-0.25, -0.2) is 4.98 Å². The Morgan fingerprint density at radius 3 is 2.46 bits per heavy atom. The average Bonchev–Trinajstić information content (AvgIpc) is 2.89. The van der Waals surface area contributed by atoms with Crippen molar-refractivity contribution in [2.45, 2.75) is 0 Å². The lowest BCUT2D eigenvalue weighted by Crippen LogP contribution is -1.93. The Morgan fingerprint density at radius 1 is 1.08 bits per heavy atom. The van der Waals surface area contributed by atoms with Gasteiger partial charge < -0.3 is 19.8 Å². The number of benzene rings is 1. The molecule has 0 unspecified atom stereocenters. The third kappa shape index (κ3) is 2.84. The first-order valence-corrected chi connectivity index (χ1v) is 7.55. The van der Waals surface area contributed by atoms with Gasteiger partial charge in [0.15, 0.2) is 11.5 Å². The molecule has 0 atom stereocenters. The third-order valence-electron chi connectivity index (χ3n) is 3.71. The number of nitrogen functional groups attached to an aromatic ring is 1. The van der Waals surface area contributed by atoms with E-state index in [0.29, 0.717) is 27.9 Å². The number of hydrogen-bond acceptors (Lipinski definition) is 4. The Kier molecular flexibility index (Phi) is 4.24. The van der Waals surface area contributed by atoms with Crippen LogP contribution in [0.1, 0.15) is 11.1 Å². The number of pyridine rings is 1. The number of anilines is 1. The van der Waals surface area contributed by atoms with Crippen LogP contribution in [0.5, 0.6) is 11.5 Å². The van der Waals surface area contributed by atoms with E-state index in [1.807, 2.05) is 29.9 Å². The number of methoxy groups -OCH3 is 2. The number of aromatic nitrogens is 2. The molecular formula is C18H16ClN3O2. The summed E-state index contributed by atoms with van der Waals surface area (Å²) in [5, 5.41) is 1.47. The number of halogens is 1. The molecule has 6 heteroatoms. The molecule has 2 N–H and O–H groups in total.